The van der Waals surface area contributed by atoms with Crippen molar-refractivity contribution < 1.29 is 14.3 Å². The molecule has 0 spiro atoms. The standard InChI is InChI=1S/C29H36N4O3/c1-18(2)24-17-36-28(34)33(24)27-16-30-15-26(32-27)31-19(3)20-8-10-21(11-9-20)22-12-13-25(35-7)23(14-22)29(4,5)6/h8-16,18-19,24H,17H2,1-7H3,(H,31,32)/t19-,24+/m0/s1. The molecule has 0 aliphatic carbocycles. The number of hydrogen-bond acceptors (Lipinski definition) is 6. The second-order valence-electron chi connectivity index (χ2n) is 10.7. The first-order valence-electron chi connectivity index (χ1n) is 12.4. The molecule has 0 saturated carbocycles. The van der Waals surface area contributed by atoms with Gasteiger partial charge in [0.1, 0.15) is 18.2 Å². The van der Waals surface area contributed by atoms with Crippen LogP contribution in [0.2, 0.25) is 0 Å². The first kappa shape index (κ1) is 25.5. The van der Waals surface area contributed by atoms with E-state index < -0.39 is 0 Å². The molecule has 1 amide bonds. The Bertz CT molecular complexity index is 1220. The molecule has 2 atom stereocenters. The monoisotopic (exact) mass is 488 g/mol. The summed E-state index contributed by atoms with van der Waals surface area (Å²) in [6.07, 6.45) is 2.90. The van der Waals surface area contributed by atoms with E-state index in [0.29, 0.717) is 18.2 Å². The van der Waals surface area contributed by atoms with Crippen molar-refractivity contribution in [3.63, 3.8) is 0 Å². The van der Waals surface area contributed by atoms with Gasteiger partial charge in [0.15, 0.2) is 5.82 Å². The maximum Gasteiger partial charge on any atom is 0.415 e. The van der Waals surface area contributed by atoms with Gasteiger partial charge in [0.25, 0.3) is 0 Å². The molecular weight excluding hydrogens is 452 g/mol. The quantitative estimate of drug-likeness (QED) is 0.404. The number of ether oxygens (including phenoxy) is 2. The minimum Gasteiger partial charge on any atom is -0.496 e. The van der Waals surface area contributed by atoms with Crippen LogP contribution in [-0.2, 0) is 10.2 Å². The number of nitrogens with one attached hydrogen (secondary N) is 1. The van der Waals surface area contributed by atoms with Gasteiger partial charge in [0.2, 0.25) is 0 Å². The van der Waals surface area contributed by atoms with Crippen molar-refractivity contribution in [2.24, 2.45) is 5.92 Å². The van der Waals surface area contributed by atoms with Gasteiger partial charge < -0.3 is 14.8 Å². The van der Waals surface area contributed by atoms with Crippen LogP contribution < -0.4 is 15.0 Å². The Morgan fingerprint density at radius 2 is 1.75 bits per heavy atom. The van der Waals surface area contributed by atoms with Crippen LogP contribution in [0, 0.1) is 5.92 Å². The molecule has 4 rings (SSSR count). The highest BCUT2D eigenvalue weighted by atomic mass is 16.6. The zero-order valence-electron chi connectivity index (χ0n) is 22.2. The number of carbonyl (C=O) groups is 1. The van der Waals surface area contributed by atoms with E-state index in [4.69, 9.17) is 9.47 Å². The van der Waals surface area contributed by atoms with Crippen LogP contribution in [0.15, 0.2) is 54.9 Å². The molecule has 1 aromatic heterocycles. The van der Waals surface area contributed by atoms with Gasteiger partial charge in [-0.2, -0.15) is 0 Å². The lowest BCUT2D eigenvalue weighted by Crippen LogP contribution is -2.37. The fraction of sp³-hybridized carbons (Fsp3) is 0.414. The molecule has 1 N–H and O–H groups in total. The van der Waals surface area contributed by atoms with Crippen molar-refractivity contribution in [3.05, 3.63) is 66.0 Å². The van der Waals surface area contributed by atoms with Crippen LogP contribution in [-0.4, -0.2) is 35.8 Å². The third kappa shape index (κ3) is 5.30. The molecule has 36 heavy (non-hydrogen) atoms. The molecule has 7 nitrogen and oxygen atoms in total. The van der Waals surface area contributed by atoms with Crippen LogP contribution in [0.1, 0.15) is 58.7 Å². The molecule has 2 heterocycles. The van der Waals surface area contributed by atoms with Crippen molar-refractivity contribution in [1.82, 2.24) is 9.97 Å². The number of nitrogens with zero attached hydrogens (tertiary/aromatic N) is 3. The lowest BCUT2D eigenvalue weighted by atomic mass is 9.84. The highest BCUT2D eigenvalue weighted by molar-refractivity contribution is 5.89. The smallest absolute Gasteiger partial charge is 0.415 e. The van der Waals surface area contributed by atoms with Crippen molar-refractivity contribution in [3.8, 4) is 16.9 Å². The summed E-state index contributed by atoms with van der Waals surface area (Å²) in [4.78, 5) is 22.9. The van der Waals surface area contributed by atoms with E-state index in [1.54, 1.807) is 24.4 Å². The minimum absolute atomic E-state index is 0.00368. The van der Waals surface area contributed by atoms with Gasteiger partial charge in [-0.25, -0.2) is 9.78 Å². The predicted octanol–water partition coefficient (Wildman–Crippen LogP) is 6.60. The molecular formula is C29H36N4O3. The van der Waals surface area contributed by atoms with E-state index in [-0.39, 0.29) is 29.5 Å². The Morgan fingerprint density at radius 3 is 2.39 bits per heavy atom. The summed E-state index contributed by atoms with van der Waals surface area (Å²) < 4.78 is 10.8. The number of hydrogen-bond donors (Lipinski definition) is 1. The molecule has 1 saturated heterocycles. The summed E-state index contributed by atoms with van der Waals surface area (Å²) in [6, 6.07) is 14.8. The molecule has 1 fully saturated rings. The maximum absolute atomic E-state index is 12.3. The van der Waals surface area contributed by atoms with E-state index in [9.17, 15) is 4.79 Å². The lowest BCUT2D eigenvalue weighted by molar-refractivity contribution is 0.177. The zero-order valence-corrected chi connectivity index (χ0v) is 22.2. The van der Waals surface area contributed by atoms with Crippen molar-refractivity contribution in [2.75, 3.05) is 23.9 Å². The SMILES string of the molecule is COc1ccc(-c2ccc([C@H](C)Nc3cncc(N4C(=O)OC[C@@H]4C(C)C)n3)cc2)cc1C(C)(C)C. The van der Waals surface area contributed by atoms with E-state index >= 15 is 0 Å². The molecule has 190 valence electrons. The van der Waals surface area contributed by atoms with Gasteiger partial charge in [0.05, 0.1) is 25.5 Å². The van der Waals surface area contributed by atoms with Gasteiger partial charge in [-0.3, -0.25) is 9.88 Å². The first-order chi connectivity index (χ1) is 17.1. The lowest BCUT2D eigenvalue weighted by Gasteiger charge is -2.24. The normalized spacial score (nSPS) is 16.7. The molecule has 7 heteroatoms. The Balaban J connectivity index is 1.51. The average molecular weight is 489 g/mol. The number of cyclic esters (lactones) is 1. The molecule has 0 bridgehead atoms. The van der Waals surface area contributed by atoms with E-state index in [2.05, 4.69) is 93.2 Å². The van der Waals surface area contributed by atoms with Crippen molar-refractivity contribution in [2.45, 2.75) is 59.0 Å². The third-order valence-electron chi connectivity index (χ3n) is 6.66. The molecule has 3 aromatic rings. The molecule has 1 aliphatic rings. The number of aromatic nitrogens is 2. The van der Waals surface area contributed by atoms with Gasteiger partial charge in [0, 0.05) is 11.6 Å². The Morgan fingerprint density at radius 1 is 1.06 bits per heavy atom. The zero-order chi connectivity index (χ0) is 26.0. The predicted molar refractivity (Wildman–Crippen MR) is 144 cm³/mol. The van der Waals surface area contributed by atoms with Crippen LogP contribution in [0.5, 0.6) is 5.75 Å². The Kier molecular flexibility index (Phi) is 7.20. The fourth-order valence-corrected chi connectivity index (χ4v) is 4.47. The molecule has 2 aromatic carbocycles. The van der Waals surface area contributed by atoms with Gasteiger partial charge in [-0.05, 0) is 47.1 Å². The fourth-order valence-electron chi connectivity index (χ4n) is 4.47. The van der Waals surface area contributed by atoms with Crippen molar-refractivity contribution in [1.29, 1.82) is 0 Å². The van der Waals surface area contributed by atoms with E-state index in [0.717, 1.165) is 22.4 Å². The average Bonchev–Trinajstić information content (AvgIpc) is 3.25. The number of benzene rings is 2. The highest BCUT2D eigenvalue weighted by Gasteiger charge is 2.37. The topological polar surface area (TPSA) is 76.6 Å². The molecule has 0 radical (unpaired) electrons. The van der Waals surface area contributed by atoms with Crippen molar-refractivity contribution >= 4 is 17.7 Å². The number of carbonyl (C=O) groups excluding carboxylic acids is 1. The third-order valence-corrected chi connectivity index (χ3v) is 6.66. The van der Waals surface area contributed by atoms with Crippen LogP contribution in [0.4, 0.5) is 16.4 Å². The number of anilines is 2. The highest BCUT2D eigenvalue weighted by Crippen LogP contribution is 2.35. The van der Waals surface area contributed by atoms with Crippen LogP contribution in [0.3, 0.4) is 0 Å². The van der Waals surface area contributed by atoms with Gasteiger partial charge in [-0.1, -0.05) is 65.0 Å². The maximum atomic E-state index is 12.3. The second-order valence-corrected chi connectivity index (χ2v) is 10.7. The molecule has 1 aliphatic heterocycles. The second kappa shape index (κ2) is 10.2. The van der Waals surface area contributed by atoms with Crippen LogP contribution in [0.25, 0.3) is 11.1 Å². The van der Waals surface area contributed by atoms with Crippen LogP contribution >= 0.6 is 0 Å². The summed E-state index contributed by atoms with van der Waals surface area (Å²) in [5.41, 5.74) is 4.59. The summed E-state index contributed by atoms with van der Waals surface area (Å²) in [5, 5.41) is 3.42. The Labute approximate surface area is 213 Å². The number of rotatable bonds is 7. The van der Waals surface area contributed by atoms with E-state index in [1.807, 2.05) is 6.07 Å². The summed E-state index contributed by atoms with van der Waals surface area (Å²) in [7, 11) is 1.72. The molecule has 0 unspecified atom stereocenters. The summed E-state index contributed by atoms with van der Waals surface area (Å²) >= 11 is 0. The largest absolute Gasteiger partial charge is 0.496 e. The van der Waals surface area contributed by atoms with Gasteiger partial charge in [-0.15, -0.1) is 0 Å². The first-order valence-corrected chi connectivity index (χ1v) is 12.4. The van der Waals surface area contributed by atoms with E-state index in [1.165, 1.54) is 5.56 Å². The number of amides is 1. The Hall–Kier alpha value is -3.61. The number of methoxy groups -OCH3 is 1. The summed E-state index contributed by atoms with van der Waals surface area (Å²) in [6.45, 7) is 13.2. The van der Waals surface area contributed by atoms with Gasteiger partial charge >= 0.3 is 6.09 Å². The minimum atomic E-state index is -0.378. The summed E-state index contributed by atoms with van der Waals surface area (Å²) in [5.74, 6) is 2.26.